The Bertz CT molecular complexity index is 354. The Labute approximate surface area is 97.6 Å². The van der Waals surface area contributed by atoms with Crippen molar-refractivity contribution >= 4 is 5.97 Å². The first-order valence-electron chi connectivity index (χ1n) is 5.66. The Morgan fingerprint density at radius 1 is 1.31 bits per heavy atom. The SMILES string of the molecule is CCC(C)(Cc1ccc(C)cc1)C(=O)OC. The summed E-state index contributed by atoms with van der Waals surface area (Å²) in [6, 6.07) is 8.30. The summed E-state index contributed by atoms with van der Waals surface area (Å²) in [5.74, 6) is -0.129. The number of hydrogen-bond acceptors (Lipinski definition) is 2. The fourth-order valence-electron chi connectivity index (χ4n) is 1.74. The van der Waals surface area contributed by atoms with Gasteiger partial charge in [-0.25, -0.2) is 0 Å². The molecule has 16 heavy (non-hydrogen) atoms. The lowest BCUT2D eigenvalue weighted by Crippen LogP contribution is -2.30. The third-order valence-electron chi connectivity index (χ3n) is 3.17. The Morgan fingerprint density at radius 3 is 2.31 bits per heavy atom. The lowest BCUT2D eigenvalue weighted by Gasteiger charge is -2.25. The molecule has 0 spiro atoms. The Morgan fingerprint density at radius 2 is 1.88 bits per heavy atom. The first-order chi connectivity index (χ1) is 7.51. The van der Waals surface area contributed by atoms with Crippen LogP contribution in [0.15, 0.2) is 24.3 Å². The molecule has 0 bridgehead atoms. The molecule has 2 heteroatoms. The smallest absolute Gasteiger partial charge is 0.311 e. The predicted molar refractivity (Wildman–Crippen MR) is 65.3 cm³/mol. The van der Waals surface area contributed by atoms with Crippen LogP contribution in [0.5, 0.6) is 0 Å². The molecule has 0 heterocycles. The van der Waals surface area contributed by atoms with Crippen molar-refractivity contribution in [2.24, 2.45) is 5.41 Å². The van der Waals surface area contributed by atoms with Crippen LogP contribution in [0.25, 0.3) is 0 Å². The van der Waals surface area contributed by atoms with Gasteiger partial charge in [-0.15, -0.1) is 0 Å². The molecule has 1 aromatic carbocycles. The van der Waals surface area contributed by atoms with Gasteiger partial charge in [-0.05, 0) is 32.3 Å². The monoisotopic (exact) mass is 220 g/mol. The first kappa shape index (κ1) is 12.8. The highest BCUT2D eigenvalue weighted by Gasteiger charge is 2.32. The zero-order valence-electron chi connectivity index (χ0n) is 10.5. The molecule has 1 rings (SSSR count). The van der Waals surface area contributed by atoms with Crippen LogP contribution in [-0.2, 0) is 16.0 Å². The van der Waals surface area contributed by atoms with Crippen LogP contribution >= 0.6 is 0 Å². The van der Waals surface area contributed by atoms with Crippen molar-refractivity contribution in [3.8, 4) is 0 Å². The molecule has 0 aliphatic rings. The minimum Gasteiger partial charge on any atom is -0.469 e. The number of rotatable bonds is 4. The van der Waals surface area contributed by atoms with Gasteiger partial charge in [0, 0.05) is 0 Å². The molecule has 0 amide bonds. The number of hydrogen-bond donors (Lipinski definition) is 0. The van der Waals surface area contributed by atoms with Crippen LogP contribution in [0, 0.1) is 12.3 Å². The van der Waals surface area contributed by atoms with E-state index in [0.717, 1.165) is 12.8 Å². The van der Waals surface area contributed by atoms with Gasteiger partial charge in [-0.2, -0.15) is 0 Å². The second-order valence-corrected chi connectivity index (χ2v) is 4.57. The third-order valence-corrected chi connectivity index (χ3v) is 3.17. The summed E-state index contributed by atoms with van der Waals surface area (Å²) < 4.78 is 4.86. The summed E-state index contributed by atoms with van der Waals surface area (Å²) in [7, 11) is 1.45. The summed E-state index contributed by atoms with van der Waals surface area (Å²) >= 11 is 0. The highest BCUT2D eigenvalue weighted by Crippen LogP contribution is 2.28. The molecule has 0 fully saturated rings. The van der Waals surface area contributed by atoms with Gasteiger partial charge in [-0.3, -0.25) is 4.79 Å². The van der Waals surface area contributed by atoms with E-state index in [1.54, 1.807) is 0 Å². The summed E-state index contributed by atoms with van der Waals surface area (Å²) in [5.41, 5.74) is 2.00. The summed E-state index contributed by atoms with van der Waals surface area (Å²) in [6.45, 7) is 6.03. The second kappa shape index (κ2) is 5.15. The molecule has 1 unspecified atom stereocenters. The van der Waals surface area contributed by atoms with E-state index >= 15 is 0 Å². The summed E-state index contributed by atoms with van der Waals surface area (Å²) in [5, 5.41) is 0. The van der Waals surface area contributed by atoms with Crippen LogP contribution in [-0.4, -0.2) is 13.1 Å². The van der Waals surface area contributed by atoms with Gasteiger partial charge in [0.1, 0.15) is 0 Å². The summed E-state index contributed by atoms with van der Waals surface area (Å²) in [6.07, 6.45) is 1.52. The average molecular weight is 220 g/mol. The molecule has 0 aliphatic heterocycles. The number of carbonyl (C=O) groups excluding carboxylic acids is 1. The standard InChI is InChI=1S/C14H20O2/c1-5-14(3,13(15)16-4)10-12-8-6-11(2)7-9-12/h6-9H,5,10H2,1-4H3. The number of carbonyl (C=O) groups is 1. The Balaban J connectivity index is 2.84. The maximum atomic E-state index is 11.7. The zero-order chi connectivity index (χ0) is 12.2. The van der Waals surface area contributed by atoms with Crippen molar-refractivity contribution in [1.29, 1.82) is 0 Å². The topological polar surface area (TPSA) is 26.3 Å². The highest BCUT2D eigenvalue weighted by atomic mass is 16.5. The van der Waals surface area contributed by atoms with Gasteiger partial charge in [0.2, 0.25) is 0 Å². The van der Waals surface area contributed by atoms with Gasteiger partial charge in [0.25, 0.3) is 0 Å². The van der Waals surface area contributed by atoms with Crippen molar-refractivity contribution in [2.75, 3.05) is 7.11 Å². The molecule has 0 N–H and O–H groups in total. The van der Waals surface area contributed by atoms with E-state index in [1.807, 2.05) is 13.8 Å². The van der Waals surface area contributed by atoms with Crippen LogP contribution in [0.2, 0.25) is 0 Å². The van der Waals surface area contributed by atoms with E-state index in [2.05, 4.69) is 31.2 Å². The molecular weight excluding hydrogens is 200 g/mol. The molecule has 0 aliphatic carbocycles. The lowest BCUT2D eigenvalue weighted by molar-refractivity contribution is -0.151. The molecule has 88 valence electrons. The van der Waals surface area contributed by atoms with E-state index in [9.17, 15) is 4.79 Å². The third kappa shape index (κ3) is 2.84. The fourth-order valence-corrected chi connectivity index (χ4v) is 1.74. The quantitative estimate of drug-likeness (QED) is 0.729. The molecule has 0 saturated heterocycles. The van der Waals surface area contributed by atoms with E-state index in [4.69, 9.17) is 4.74 Å². The molecule has 0 saturated carbocycles. The van der Waals surface area contributed by atoms with Crippen LogP contribution in [0.3, 0.4) is 0 Å². The van der Waals surface area contributed by atoms with Crippen LogP contribution < -0.4 is 0 Å². The van der Waals surface area contributed by atoms with Crippen molar-refractivity contribution in [3.63, 3.8) is 0 Å². The van der Waals surface area contributed by atoms with Crippen molar-refractivity contribution in [2.45, 2.75) is 33.6 Å². The van der Waals surface area contributed by atoms with E-state index in [0.29, 0.717) is 0 Å². The number of methoxy groups -OCH3 is 1. The zero-order valence-corrected chi connectivity index (χ0v) is 10.5. The second-order valence-electron chi connectivity index (χ2n) is 4.57. The van der Waals surface area contributed by atoms with E-state index in [-0.39, 0.29) is 5.97 Å². The lowest BCUT2D eigenvalue weighted by atomic mass is 9.81. The largest absolute Gasteiger partial charge is 0.469 e. The predicted octanol–water partition coefficient (Wildman–Crippen LogP) is 3.13. The minimum atomic E-state index is -0.413. The maximum Gasteiger partial charge on any atom is 0.311 e. The van der Waals surface area contributed by atoms with Gasteiger partial charge in [-0.1, -0.05) is 36.8 Å². The molecular formula is C14H20O2. The maximum absolute atomic E-state index is 11.7. The van der Waals surface area contributed by atoms with E-state index < -0.39 is 5.41 Å². The van der Waals surface area contributed by atoms with Gasteiger partial charge >= 0.3 is 5.97 Å². The number of aryl methyl sites for hydroxylation is 1. The van der Waals surface area contributed by atoms with Crippen molar-refractivity contribution in [3.05, 3.63) is 35.4 Å². The van der Waals surface area contributed by atoms with Crippen molar-refractivity contribution in [1.82, 2.24) is 0 Å². The van der Waals surface area contributed by atoms with Gasteiger partial charge in [0.05, 0.1) is 12.5 Å². The molecule has 1 atom stereocenters. The van der Waals surface area contributed by atoms with Crippen LogP contribution in [0.4, 0.5) is 0 Å². The first-order valence-corrected chi connectivity index (χ1v) is 5.66. The Hall–Kier alpha value is -1.31. The van der Waals surface area contributed by atoms with Gasteiger partial charge in [0.15, 0.2) is 0 Å². The fraction of sp³-hybridized carbons (Fsp3) is 0.500. The van der Waals surface area contributed by atoms with E-state index in [1.165, 1.54) is 18.2 Å². The Kier molecular flexibility index (Phi) is 4.11. The molecule has 0 radical (unpaired) electrons. The molecule has 1 aromatic rings. The average Bonchev–Trinajstić information content (AvgIpc) is 2.31. The molecule has 0 aromatic heterocycles. The molecule has 2 nitrogen and oxygen atoms in total. The minimum absolute atomic E-state index is 0.129. The summed E-state index contributed by atoms with van der Waals surface area (Å²) in [4.78, 5) is 11.7. The number of esters is 1. The normalized spacial score (nSPS) is 14.2. The highest BCUT2D eigenvalue weighted by molar-refractivity contribution is 5.76. The number of ether oxygens (including phenoxy) is 1. The van der Waals surface area contributed by atoms with Gasteiger partial charge < -0.3 is 4.74 Å². The van der Waals surface area contributed by atoms with Crippen LogP contribution in [0.1, 0.15) is 31.4 Å². The van der Waals surface area contributed by atoms with Crippen molar-refractivity contribution < 1.29 is 9.53 Å². The number of benzene rings is 1.